The highest BCUT2D eigenvalue weighted by molar-refractivity contribution is 6.03. The Kier molecular flexibility index (Phi) is 3.34. The van der Waals surface area contributed by atoms with Gasteiger partial charge in [0, 0.05) is 11.6 Å². The minimum absolute atomic E-state index is 0.250. The van der Waals surface area contributed by atoms with Gasteiger partial charge in [-0.1, -0.05) is 0 Å². The van der Waals surface area contributed by atoms with E-state index in [1.54, 1.807) is 38.3 Å². The maximum absolute atomic E-state index is 12.2. The first kappa shape index (κ1) is 13.8. The Morgan fingerprint density at radius 1 is 1.32 bits per heavy atom. The first-order chi connectivity index (χ1) is 10.6. The average molecular weight is 299 g/mol. The van der Waals surface area contributed by atoms with Crippen molar-refractivity contribution in [3.63, 3.8) is 0 Å². The van der Waals surface area contributed by atoms with Crippen LogP contribution in [-0.2, 0) is 0 Å². The van der Waals surface area contributed by atoms with Crippen LogP contribution in [0.1, 0.15) is 16.2 Å². The van der Waals surface area contributed by atoms with E-state index in [-0.39, 0.29) is 23.1 Å². The van der Waals surface area contributed by atoms with Gasteiger partial charge in [0.2, 0.25) is 5.78 Å². The number of aromatic nitrogens is 4. The SMILES string of the molecule is COc1ccc(C(=O)Nc2cc(=O)[nH]c3nc(C)nn23)cc1. The number of methoxy groups -OCH3 is 1. The zero-order chi connectivity index (χ0) is 15.7. The van der Waals surface area contributed by atoms with Crippen molar-refractivity contribution in [1.29, 1.82) is 0 Å². The van der Waals surface area contributed by atoms with E-state index < -0.39 is 0 Å². The Balaban J connectivity index is 1.94. The molecule has 2 aromatic heterocycles. The Hall–Kier alpha value is -3.16. The lowest BCUT2D eigenvalue weighted by Gasteiger charge is -2.07. The van der Waals surface area contributed by atoms with Gasteiger partial charge in [-0.15, -0.1) is 5.10 Å². The molecule has 0 atom stereocenters. The van der Waals surface area contributed by atoms with Crippen LogP contribution in [-0.4, -0.2) is 32.6 Å². The number of hydrogen-bond donors (Lipinski definition) is 2. The second-order valence-electron chi connectivity index (χ2n) is 4.60. The molecule has 8 heteroatoms. The van der Waals surface area contributed by atoms with E-state index in [0.717, 1.165) is 0 Å². The quantitative estimate of drug-likeness (QED) is 0.751. The van der Waals surface area contributed by atoms with Gasteiger partial charge < -0.3 is 10.1 Å². The number of nitrogens with zero attached hydrogens (tertiary/aromatic N) is 3. The molecule has 0 saturated heterocycles. The molecule has 0 aliphatic carbocycles. The smallest absolute Gasteiger partial charge is 0.256 e. The Morgan fingerprint density at radius 3 is 2.73 bits per heavy atom. The van der Waals surface area contributed by atoms with Crippen LogP contribution < -0.4 is 15.6 Å². The van der Waals surface area contributed by atoms with E-state index in [2.05, 4.69) is 20.4 Å². The summed E-state index contributed by atoms with van der Waals surface area (Å²) >= 11 is 0. The highest BCUT2D eigenvalue weighted by atomic mass is 16.5. The monoisotopic (exact) mass is 299 g/mol. The standard InChI is InChI=1S/C14H13N5O3/c1-8-15-14-17-12(20)7-11(19(14)18-8)16-13(21)9-3-5-10(22-2)6-4-9/h3-7H,1-2H3,(H,16,21)(H,15,17,18,20). The van der Waals surface area contributed by atoms with E-state index in [0.29, 0.717) is 17.1 Å². The molecule has 0 radical (unpaired) electrons. The molecule has 0 unspecified atom stereocenters. The van der Waals surface area contributed by atoms with Gasteiger partial charge in [0.05, 0.1) is 7.11 Å². The number of hydrogen-bond acceptors (Lipinski definition) is 5. The second-order valence-corrected chi connectivity index (χ2v) is 4.60. The van der Waals surface area contributed by atoms with Gasteiger partial charge in [-0.25, -0.2) is 0 Å². The summed E-state index contributed by atoms with van der Waals surface area (Å²) in [5, 5.41) is 6.78. The lowest BCUT2D eigenvalue weighted by molar-refractivity contribution is 0.102. The Bertz CT molecular complexity index is 895. The van der Waals surface area contributed by atoms with Gasteiger partial charge in [-0.3, -0.25) is 14.6 Å². The van der Waals surface area contributed by atoms with E-state index in [9.17, 15) is 9.59 Å². The van der Waals surface area contributed by atoms with Crippen LogP contribution in [0, 0.1) is 6.92 Å². The third-order valence-corrected chi connectivity index (χ3v) is 3.04. The second kappa shape index (κ2) is 5.32. The molecule has 3 aromatic rings. The number of aromatic amines is 1. The molecular weight excluding hydrogens is 286 g/mol. The van der Waals surface area contributed by atoms with E-state index >= 15 is 0 Å². The molecule has 8 nitrogen and oxygen atoms in total. The number of anilines is 1. The van der Waals surface area contributed by atoms with Crippen LogP contribution in [0.15, 0.2) is 35.1 Å². The molecule has 2 N–H and O–H groups in total. The summed E-state index contributed by atoms with van der Waals surface area (Å²) < 4.78 is 6.42. The summed E-state index contributed by atoms with van der Waals surface area (Å²) in [4.78, 5) is 30.5. The highest BCUT2D eigenvalue weighted by Gasteiger charge is 2.11. The minimum Gasteiger partial charge on any atom is -0.497 e. The number of benzene rings is 1. The molecule has 0 fully saturated rings. The molecule has 0 aliphatic rings. The van der Waals surface area contributed by atoms with Gasteiger partial charge in [-0.2, -0.15) is 9.50 Å². The fourth-order valence-electron chi connectivity index (χ4n) is 2.02. The fraction of sp³-hybridized carbons (Fsp3) is 0.143. The van der Waals surface area contributed by atoms with Crippen LogP contribution in [0.2, 0.25) is 0 Å². The van der Waals surface area contributed by atoms with Gasteiger partial charge >= 0.3 is 0 Å². The van der Waals surface area contributed by atoms with Crippen molar-refractivity contribution in [1.82, 2.24) is 19.6 Å². The van der Waals surface area contributed by atoms with Crippen molar-refractivity contribution in [3.8, 4) is 5.75 Å². The molecule has 112 valence electrons. The first-order valence-electron chi connectivity index (χ1n) is 6.49. The molecule has 1 aromatic carbocycles. The van der Waals surface area contributed by atoms with Crippen molar-refractivity contribution < 1.29 is 9.53 Å². The summed E-state index contributed by atoms with van der Waals surface area (Å²) in [6, 6.07) is 7.88. The van der Waals surface area contributed by atoms with E-state index in [1.165, 1.54) is 10.6 Å². The normalized spacial score (nSPS) is 10.6. The molecule has 0 spiro atoms. The summed E-state index contributed by atoms with van der Waals surface area (Å²) in [5.74, 6) is 1.31. The Morgan fingerprint density at radius 2 is 2.05 bits per heavy atom. The zero-order valence-corrected chi connectivity index (χ0v) is 12.0. The summed E-state index contributed by atoms with van der Waals surface area (Å²) in [6.45, 7) is 1.69. The van der Waals surface area contributed by atoms with Crippen molar-refractivity contribution in [2.24, 2.45) is 0 Å². The maximum atomic E-state index is 12.2. The van der Waals surface area contributed by atoms with Gasteiger partial charge in [0.15, 0.2) is 0 Å². The van der Waals surface area contributed by atoms with E-state index in [1.807, 2.05) is 0 Å². The molecule has 0 saturated carbocycles. The van der Waals surface area contributed by atoms with E-state index in [4.69, 9.17) is 4.74 Å². The predicted octanol–water partition coefficient (Wildman–Crippen LogP) is 0.987. The number of amides is 1. The van der Waals surface area contributed by atoms with Crippen molar-refractivity contribution in [3.05, 3.63) is 52.1 Å². The van der Waals surface area contributed by atoms with Crippen LogP contribution >= 0.6 is 0 Å². The summed E-state index contributed by atoms with van der Waals surface area (Å²) in [6.07, 6.45) is 0. The van der Waals surface area contributed by atoms with Crippen LogP contribution in [0.4, 0.5) is 5.82 Å². The first-order valence-corrected chi connectivity index (χ1v) is 6.49. The van der Waals surface area contributed by atoms with Crippen molar-refractivity contribution in [2.75, 3.05) is 12.4 Å². The topological polar surface area (TPSA) is 101 Å². The molecule has 0 aliphatic heterocycles. The molecule has 0 bridgehead atoms. The Labute approximate surface area is 124 Å². The zero-order valence-electron chi connectivity index (χ0n) is 12.0. The largest absolute Gasteiger partial charge is 0.497 e. The predicted molar refractivity (Wildman–Crippen MR) is 79.3 cm³/mol. The third kappa shape index (κ3) is 2.53. The van der Waals surface area contributed by atoms with Gasteiger partial charge in [-0.05, 0) is 31.2 Å². The number of carbonyl (C=O) groups excluding carboxylic acids is 1. The third-order valence-electron chi connectivity index (χ3n) is 3.04. The number of nitrogens with one attached hydrogen (secondary N) is 2. The van der Waals surface area contributed by atoms with Gasteiger partial charge in [0.25, 0.3) is 11.5 Å². The number of carbonyl (C=O) groups is 1. The van der Waals surface area contributed by atoms with Crippen molar-refractivity contribution in [2.45, 2.75) is 6.92 Å². The average Bonchev–Trinajstić information content (AvgIpc) is 2.87. The molecule has 2 heterocycles. The molecular formula is C14H13N5O3. The maximum Gasteiger partial charge on any atom is 0.256 e. The van der Waals surface area contributed by atoms with Gasteiger partial charge in [0.1, 0.15) is 17.4 Å². The number of aryl methyl sites for hydroxylation is 1. The van der Waals surface area contributed by atoms with Crippen LogP contribution in [0.25, 0.3) is 5.78 Å². The molecule has 1 amide bonds. The van der Waals surface area contributed by atoms with Crippen LogP contribution in [0.5, 0.6) is 5.75 Å². The lowest BCUT2D eigenvalue weighted by Crippen LogP contribution is -2.18. The number of ether oxygens (including phenoxy) is 1. The number of fused-ring (bicyclic) bond motifs is 1. The number of H-pyrrole nitrogens is 1. The minimum atomic E-state index is -0.370. The summed E-state index contributed by atoms with van der Waals surface area (Å²) in [5.41, 5.74) is 0.0657. The summed E-state index contributed by atoms with van der Waals surface area (Å²) in [7, 11) is 1.55. The fourth-order valence-corrected chi connectivity index (χ4v) is 2.02. The molecule has 3 rings (SSSR count). The number of rotatable bonds is 3. The highest BCUT2D eigenvalue weighted by Crippen LogP contribution is 2.13. The van der Waals surface area contributed by atoms with Crippen LogP contribution in [0.3, 0.4) is 0 Å². The lowest BCUT2D eigenvalue weighted by atomic mass is 10.2. The molecule has 22 heavy (non-hydrogen) atoms. The van der Waals surface area contributed by atoms with Crippen molar-refractivity contribution >= 4 is 17.5 Å².